The summed E-state index contributed by atoms with van der Waals surface area (Å²) in [5, 5.41) is 9.95. The average molecular weight is 174 g/mol. The predicted molar refractivity (Wildman–Crippen MR) is 51.2 cm³/mol. The fraction of sp³-hybridized carbons (Fsp3) is 1.00. The van der Waals surface area contributed by atoms with Crippen LogP contribution in [0.15, 0.2) is 0 Å². The van der Waals surface area contributed by atoms with Gasteiger partial charge in [0.25, 0.3) is 0 Å². The van der Waals surface area contributed by atoms with Crippen LogP contribution in [0, 0.1) is 5.92 Å². The lowest BCUT2D eigenvalue weighted by atomic mass is 9.85. The van der Waals surface area contributed by atoms with Crippen molar-refractivity contribution in [2.45, 2.75) is 45.6 Å². The molecular formula is C10H22O2. The summed E-state index contributed by atoms with van der Waals surface area (Å²) in [5.41, 5.74) is -0.521. The number of aliphatic hydroxyl groups is 1. The predicted octanol–water partition coefficient (Wildman–Crippen LogP) is 2.21. The number of hydrogen-bond acceptors (Lipinski definition) is 2. The molecule has 2 atom stereocenters. The standard InChI is InChI=1S/C10H22O2/c1-5-9(2)10(3,11)7-6-8-12-4/h9,11H,5-8H2,1-4H3. The van der Waals surface area contributed by atoms with Gasteiger partial charge >= 0.3 is 0 Å². The largest absolute Gasteiger partial charge is 0.390 e. The first-order chi connectivity index (χ1) is 5.54. The normalized spacial score (nSPS) is 18.8. The van der Waals surface area contributed by atoms with Gasteiger partial charge in [-0.2, -0.15) is 0 Å². The van der Waals surface area contributed by atoms with Crippen molar-refractivity contribution in [1.29, 1.82) is 0 Å². The first-order valence-electron chi connectivity index (χ1n) is 4.76. The second-order valence-electron chi connectivity index (χ2n) is 3.76. The highest BCUT2D eigenvalue weighted by Gasteiger charge is 2.25. The summed E-state index contributed by atoms with van der Waals surface area (Å²) in [6.07, 6.45) is 2.80. The molecule has 74 valence electrons. The smallest absolute Gasteiger partial charge is 0.0645 e. The van der Waals surface area contributed by atoms with Crippen LogP contribution in [-0.4, -0.2) is 24.4 Å². The molecule has 0 heterocycles. The summed E-state index contributed by atoms with van der Waals surface area (Å²) < 4.78 is 4.94. The minimum absolute atomic E-state index is 0.370. The highest BCUT2D eigenvalue weighted by Crippen LogP contribution is 2.24. The number of ether oxygens (including phenoxy) is 1. The molecule has 2 unspecified atom stereocenters. The quantitative estimate of drug-likeness (QED) is 0.626. The minimum atomic E-state index is -0.521. The maximum absolute atomic E-state index is 9.95. The topological polar surface area (TPSA) is 29.5 Å². The van der Waals surface area contributed by atoms with Gasteiger partial charge in [0.2, 0.25) is 0 Å². The van der Waals surface area contributed by atoms with E-state index in [1.807, 2.05) is 6.92 Å². The van der Waals surface area contributed by atoms with Crippen LogP contribution < -0.4 is 0 Å². The molecule has 0 aliphatic heterocycles. The number of rotatable bonds is 6. The van der Waals surface area contributed by atoms with E-state index >= 15 is 0 Å². The van der Waals surface area contributed by atoms with Crippen molar-refractivity contribution in [2.24, 2.45) is 5.92 Å². The Morgan fingerprint density at radius 3 is 2.50 bits per heavy atom. The van der Waals surface area contributed by atoms with Crippen LogP contribution in [0.1, 0.15) is 40.0 Å². The lowest BCUT2D eigenvalue weighted by Gasteiger charge is -2.29. The zero-order valence-corrected chi connectivity index (χ0v) is 8.76. The Morgan fingerprint density at radius 1 is 1.50 bits per heavy atom. The van der Waals surface area contributed by atoms with E-state index in [0.29, 0.717) is 5.92 Å². The van der Waals surface area contributed by atoms with Crippen molar-refractivity contribution in [2.75, 3.05) is 13.7 Å². The third-order valence-corrected chi connectivity index (χ3v) is 2.71. The summed E-state index contributed by atoms with van der Waals surface area (Å²) in [5.74, 6) is 0.370. The van der Waals surface area contributed by atoms with Gasteiger partial charge in [-0.05, 0) is 25.7 Å². The zero-order valence-electron chi connectivity index (χ0n) is 8.76. The van der Waals surface area contributed by atoms with E-state index in [-0.39, 0.29) is 0 Å². The summed E-state index contributed by atoms with van der Waals surface area (Å²) >= 11 is 0. The molecule has 2 nitrogen and oxygen atoms in total. The molecule has 0 aromatic carbocycles. The highest BCUT2D eigenvalue weighted by atomic mass is 16.5. The van der Waals surface area contributed by atoms with E-state index in [2.05, 4.69) is 13.8 Å². The fourth-order valence-electron chi connectivity index (χ4n) is 1.26. The molecule has 2 heteroatoms. The highest BCUT2D eigenvalue weighted by molar-refractivity contribution is 4.77. The third-order valence-electron chi connectivity index (χ3n) is 2.71. The number of hydrogen-bond donors (Lipinski definition) is 1. The molecule has 0 aromatic heterocycles. The second kappa shape index (κ2) is 5.55. The minimum Gasteiger partial charge on any atom is -0.390 e. The molecule has 0 aromatic rings. The van der Waals surface area contributed by atoms with E-state index in [1.165, 1.54) is 0 Å². The molecule has 0 spiro atoms. The fourth-order valence-corrected chi connectivity index (χ4v) is 1.26. The molecule has 12 heavy (non-hydrogen) atoms. The van der Waals surface area contributed by atoms with E-state index in [1.54, 1.807) is 7.11 Å². The summed E-state index contributed by atoms with van der Waals surface area (Å²) in [6, 6.07) is 0. The molecular weight excluding hydrogens is 152 g/mol. The van der Waals surface area contributed by atoms with E-state index in [9.17, 15) is 5.11 Å². The molecule has 1 N–H and O–H groups in total. The summed E-state index contributed by atoms with van der Waals surface area (Å²) in [4.78, 5) is 0. The maximum atomic E-state index is 9.95. The summed E-state index contributed by atoms with van der Waals surface area (Å²) in [7, 11) is 1.69. The molecule has 0 radical (unpaired) electrons. The van der Waals surface area contributed by atoms with Crippen molar-refractivity contribution < 1.29 is 9.84 Å². The second-order valence-corrected chi connectivity index (χ2v) is 3.76. The van der Waals surface area contributed by atoms with E-state index in [4.69, 9.17) is 4.74 Å². The van der Waals surface area contributed by atoms with E-state index < -0.39 is 5.60 Å². The van der Waals surface area contributed by atoms with Crippen molar-refractivity contribution in [3.05, 3.63) is 0 Å². The molecule has 0 amide bonds. The first-order valence-corrected chi connectivity index (χ1v) is 4.76. The molecule has 0 aliphatic rings. The van der Waals surface area contributed by atoms with Gasteiger partial charge in [0.05, 0.1) is 5.60 Å². The van der Waals surface area contributed by atoms with Crippen LogP contribution >= 0.6 is 0 Å². The Kier molecular flexibility index (Phi) is 5.51. The molecule has 0 aliphatic carbocycles. The lowest BCUT2D eigenvalue weighted by molar-refractivity contribution is -0.00973. The van der Waals surface area contributed by atoms with Gasteiger partial charge in [-0.25, -0.2) is 0 Å². The zero-order chi connectivity index (χ0) is 9.61. The van der Waals surface area contributed by atoms with Crippen molar-refractivity contribution >= 4 is 0 Å². The van der Waals surface area contributed by atoms with Gasteiger partial charge < -0.3 is 9.84 Å². The van der Waals surface area contributed by atoms with Gasteiger partial charge in [-0.15, -0.1) is 0 Å². The van der Waals surface area contributed by atoms with Crippen LogP contribution in [0.4, 0.5) is 0 Å². The Balaban J connectivity index is 3.70. The first kappa shape index (κ1) is 11.9. The van der Waals surface area contributed by atoms with Crippen LogP contribution in [0.3, 0.4) is 0 Å². The van der Waals surface area contributed by atoms with Gasteiger partial charge in [-0.1, -0.05) is 20.3 Å². The third kappa shape index (κ3) is 4.07. The van der Waals surface area contributed by atoms with Crippen molar-refractivity contribution in [3.63, 3.8) is 0 Å². The van der Waals surface area contributed by atoms with Gasteiger partial charge in [0.1, 0.15) is 0 Å². The Bertz CT molecular complexity index is 110. The summed E-state index contributed by atoms with van der Waals surface area (Å²) in [6.45, 7) is 6.85. The Hall–Kier alpha value is -0.0800. The molecule has 0 fully saturated rings. The van der Waals surface area contributed by atoms with Crippen molar-refractivity contribution in [3.8, 4) is 0 Å². The Labute approximate surface area is 75.9 Å². The molecule has 0 saturated carbocycles. The van der Waals surface area contributed by atoms with Gasteiger partial charge in [0, 0.05) is 13.7 Å². The number of methoxy groups -OCH3 is 1. The SMILES string of the molecule is CCC(C)C(C)(O)CCCOC. The van der Waals surface area contributed by atoms with Gasteiger partial charge in [0.15, 0.2) is 0 Å². The van der Waals surface area contributed by atoms with Gasteiger partial charge in [-0.3, -0.25) is 0 Å². The maximum Gasteiger partial charge on any atom is 0.0645 e. The van der Waals surface area contributed by atoms with Crippen molar-refractivity contribution in [1.82, 2.24) is 0 Å². The van der Waals surface area contributed by atoms with Crippen LogP contribution in [-0.2, 0) is 4.74 Å². The molecule has 0 saturated heterocycles. The lowest BCUT2D eigenvalue weighted by Crippen LogP contribution is -2.32. The molecule has 0 rings (SSSR count). The van der Waals surface area contributed by atoms with E-state index in [0.717, 1.165) is 25.9 Å². The van der Waals surface area contributed by atoms with Crippen LogP contribution in [0.25, 0.3) is 0 Å². The molecule has 0 bridgehead atoms. The van der Waals surface area contributed by atoms with Crippen LogP contribution in [0.5, 0.6) is 0 Å². The average Bonchev–Trinajstić information content (AvgIpc) is 2.03. The monoisotopic (exact) mass is 174 g/mol. The Morgan fingerprint density at radius 2 is 2.08 bits per heavy atom. The van der Waals surface area contributed by atoms with Crippen LogP contribution in [0.2, 0.25) is 0 Å².